The lowest BCUT2D eigenvalue weighted by molar-refractivity contribution is -0.137. The number of halogens is 3. The Kier molecular flexibility index (Phi) is 5.91. The fourth-order valence-electron chi connectivity index (χ4n) is 3.63. The number of nitrogens with one attached hydrogen (secondary N) is 1. The Morgan fingerprint density at radius 2 is 2.14 bits per heavy atom. The zero-order valence-electron chi connectivity index (χ0n) is 15.1. The van der Waals surface area contributed by atoms with E-state index in [9.17, 15) is 9.59 Å². The molecular formula is C20H19Cl2FN2O3. The molecule has 0 bridgehead atoms. The second-order valence-electron chi connectivity index (χ2n) is 6.94. The van der Waals surface area contributed by atoms with Crippen LogP contribution in [0.1, 0.15) is 47.6 Å². The molecule has 3 rings (SSSR count). The summed E-state index contributed by atoms with van der Waals surface area (Å²) in [5, 5.41) is 12.6. The maximum atomic E-state index is 15.8. The van der Waals surface area contributed by atoms with Gasteiger partial charge in [0.1, 0.15) is 0 Å². The highest BCUT2D eigenvalue weighted by Gasteiger charge is 2.47. The molecule has 1 aliphatic carbocycles. The average Bonchev–Trinajstić information content (AvgIpc) is 2.63. The molecule has 0 spiro atoms. The second kappa shape index (κ2) is 8.05. The van der Waals surface area contributed by atoms with Crippen LogP contribution in [0.25, 0.3) is 0 Å². The Bertz CT molecular complexity index is 914. The minimum absolute atomic E-state index is 0.0560. The lowest BCUT2D eigenvalue weighted by atomic mass is 9.76. The molecule has 2 unspecified atom stereocenters. The number of carboxylic acids is 1. The van der Waals surface area contributed by atoms with Gasteiger partial charge in [0, 0.05) is 34.3 Å². The molecule has 148 valence electrons. The van der Waals surface area contributed by atoms with Gasteiger partial charge >= 0.3 is 5.97 Å². The van der Waals surface area contributed by atoms with E-state index in [-0.39, 0.29) is 31.4 Å². The lowest BCUT2D eigenvalue weighted by Crippen LogP contribution is -2.44. The molecule has 28 heavy (non-hydrogen) atoms. The fraction of sp³-hybridized carbons (Fsp3) is 0.350. The zero-order valence-corrected chi connectivity index (χ0v) is 16.6. The van der Waals surface area contributed by atoms with Gasteiger partial charge in [-0.25, -0.2) is 4.39 Å². The van der Waals surface area contributed by atoms with Gasteiger partial charge in [0.15, 0.2) is 0 Å². The van der Waals surface area contributed by atoms with Crippen molar-refractivity contribution in [2.75, 3.05) is 0 Å². The molecule has 2 atom stereocenters. The van der Waals surface area contributed by atoms with E-state index >= 15 is 4.39 Å². The topological polar surface area (TPSA) is 79.3 Å². The van der Waals surface area contributed by atoms with Gasteiger partial charge in [0.05, 0.1) is 12.1 Å². The summed E-state index contributed by atoms with van der Waals surface area (Å²) in [4.78, 5) is 28.0. The minimum atomic E-state index is -2.27. The van der Waals surface area contributed by atoms with Crippen molar-refractivity contribution in [2.24, 2.45) is 0 Å². The standard InChI is InChI=1S/C20H19Cl2FN2O3/c1-11-7-13(21)9-16(22)14(11)10-25-19(28)20(23)5-4-12(8-17(26)27)18-15(20)3-2-6-24-18/h2-3,6-7,9,12H,4-5,8,10H2,1H3,(H,25,28)(H,26,27). The van der Waals surface area contributed by atoms with Gasteiger partial charge < -0.3 is 10.4 Å². The highest BCUT2D eigenvalue weighted by atomic mass is 35.5. The molecule has 1 aromatic heterocycles. The molecule has 8 heteroatoms. The number of hydrogen-bond donors (Lipinski definition) is 2. The maximum Gasteiger partial charge on any atom is 0.304 e. The van der Waals surface area contributed by atoms with E-state index in [2.05, 4.69) is 10.3 Å². The van der Waals surface area contributed by atoms with Crippen LogP contribution in [0.4, 0.5) is 4.39 Å². The number of fused-ring (bicyclic) bond motifs is 1. The van der Waals surface area contributed by atoms with Crippen LogP contribution in [-0.4, -0.2) is 22.0 Å². The molecule has 1 heterocycles. The zero-order chi connectivity index (χ0) is 20.5. The van der Waals surface area contributed by atoms with Crippen LogP contribution in [0.3, 0.4) is 0 Å². The lowest BCUT2D eigenvalue weighted by Gasteiger charge is -2.34. The number of rotatable bonds is 5. The van der Waals surface area contributed by atoms with E-state index in [1.807, 2.05) is 0 Å². The Hall–Kier alpha value is -2.18. The summed E-state index contributed by atoms with van der Waals surface area (Å²) in [7, 11) is 0. The molecule has 0 radical (unpaired) electrons. The van der Waals surface area contributed by atoms with Crippen LogP contribution in [0, 0.1) is 6.92 Å². The summed E-state index contributed by atoms with van der Waals surface area (Å²) in [6.45, 7) is 1.86. The minimum Gasteiger partial charge on any atom is -0.481 e. The number of carboxylic acid groups (broad SMARTS) is 1. The van der Waals surface area contributed by atoms with Crippen molar-refractivity contribution in [2.45, 2.75) is 44.3 Å². The first-order chi connectivity index (χ1) is 13.2. The first-order valence-electron chi connectivity index (χ1n) is 8.81. The van der Waals surface area contributed by atoms with Crippen molar-refractivity contribution in [3.8, 4) is 0 Å². The van der Waals surface area contributed by atoms with Crippen molar-refractivity contribution < 1.29 is 19.1 Å². The summed E-state index contributed by atoms with van der Waals surface area (Å²) < 4.78 is 15.8. The number of nitrogens with zero attached hydrogens (tertiary/aromatic N) is 1. The Balaban J connectivity index is 1.84. The van der Waals surface area contributed by atoms with Crippen LogP contribution < -0.4 is 5.32 Å². The van der Waals surface area contributed by atoms with Gasteiger partial charge in [-0.05, 0) is 49.1 Å². The SMILES string of the molecule is Cc1cc(Cl)cc(Cl)c1CNC(=O)C1(F)CCC(CC(=O)O)c2ncccc21. The number of benzene rings is 1. The summed E-state index contributed by atoms with van der Waals surface area (Å²) in [5.74, 6) is -2.19. The molecule has 1 amide bonds. The van der Waals surface area contributed by atoms with Gasteiger partial charge in [0.2, 0.25) is 5.67 Å². The third kappa shape index (κ3) is 3.98. The normalized spacial score (nSPS) is 21.1. The predicted molar refractivity (Wildman–Crippen MR) is 104 cm³/mol. The maximum absolute atomic E-state index is 15.8. The van der Waals surface area contributed by atoms with Crippen LogP contribution in [0.5, 0.6) is 0 Å². The number of carbonyl (C=O) groups excluding carboxylic acids is 1. The van der Waals surface area contributed by atoms with Gasteiger partial charge in [-0.1, -0.05) is 29.3 Å². The number of aryl methyl sites for hydroxylation is 1. The van der Waals surface area contributed by atoms with Crippen LogP contribution >= 0.6 is 23.2 Å². The van der Waals surface area contributed by atoms with Crippen molar-refractivity contribution in [3.63, 3.8) is 0 Å². The highest BCUT2D eigenvalue weighted by molar-refractivity contribution is 6.35. The molecule has 0 saturated carbocycles. The number of alkyl halides is 1. The summed E-state index contributed by atoms with van der Waals surface area (Å²) >= 11 is 12.1. The van der Waals surface area contributed by atoms with Crippen LogP contribution in [0.2, 0.25) is 10.0 Å². The molecular weight excluding hydrogens is 406 g/mol. The Labute approximate surface area is 171 Å². The van der Waals surface area contributed by atoms with Crippen LogP contribution in [0.15, 0.2) is 30.5 Å². The van der Waals surface area contributed by atoms with E-state index in [1.165, 1.54) is 12.3 Å². The van der Waals surface area contributed by atoms with E-state index in [1.54, 1.807) is 25.1 Å². The smallest absolute Gasteiger partial charge is 0.304 e. The highest BCUT2D eigenvalue weighted by Crippen LogP contribution is 2.44. The summed E-state index contributed by atoms with van der Waals surface area (Å²) in [6.07, 6.45) is 1.44. The molecule has 2 N–H and O–H groups in total. The Morgan fingerprint density at radius 1 is 1.39 bits per heavy atom. The predicted octanol–water partition coefficient (Wildman–Crippen LogP) is 4.53. The monoisotopic (exact) mass is 424 g/mol. The van der Waals surface area contributed by atoms with Gasteiger partial charge in [-0.15, -0.1) is 0 Å². The van der Waals surface area contributed by atoms with Crippen molar-refractivity contribution in [1.29, 1.82) is 0 Å². The van der Waals surface area contributed by atoms with Crippen molar-refractivity contribution in [3.05, 3.63) is 62.9 Å². The summed E-state index contributed by atoms with van der Waals surface area (Å²) in [6, 6.07) is 6.33. The molecule has 0 aliphatic heterocycles. The largest absolute Gasteiger partial charge is 0.481 e. The number of aromatic nitrogens is 1. The quantitative estimate of drug-likeness (QED) is 0.738. The molecule has 0 fully saturated rings. The molecule has 5 nitrogen and oxygen atoms in total. The molecule has 0 saturated heterocycles. The third-order valence-electron chi connectivity index (χ3n) is 5.08. The Morgan fingerprint density at radius 3 is 2.82 bits per heavy atom. The second-order valence-corrected chi connectivity index (χ2v) is 7.78. The first kappa shape index (κ1) is 20.6. The van der Waals surface area contributed by atoms with Gasteiger partial charge in [-0.2, -0.15) is 0 Å². The first-order valence-corrected chi connectivity index (χ1v) is 9.57. The number of aliphatic carboxylic acids is 1. The fourth-order valence-corrected chi connectivity index (χ4v) is 4.29. The molecule has 1 aromatic carbocycles. The van der Waals surface area contributed by atoms with Gasteiger partial charge in [0.25, 0.3) is 5.91 Å². The third-order valence-corrected chi connectivity index (χ3v) is 5.63. The van der Waals surface area contributed by atoms with E-state index < -0.39 is 23.5 Å². The van der Waals surface area contributed by atoms with E-state index in [0.29, 0.717) is 21.3 Å². The van der Waals surface area contributed by atoms with Crippen molar-refractivity contribution >= 4 is 35.1 Å². The van der Waals surface area contributed by atoms with E-state index in [0.717, 1.165) is 5.56 Å². The van der Waals surface area contributed by atoms with Crippen molar-refractivity contribution in [1.82, 2.24) is 10.3 Å². The van der Waals surface area contributed by atoms with Crippen LogP contribution in [-0.2, 0) is 21.8 Å². The molecule has 1 aliphatic rings. The van der Waals surface area contributed by atoms with Gasteiger partial charge in [-0.3, -0.25) is 14.6 Å². The number of carbonyl (C=O) groups is 2. The molecule has 2 aromatic rings. The summed E-state index contributed by atoms with van der Waals surface area (Å²) in [5.41, 5.74) is -0.365. The average molecular weight is 425 g/mol. The number of hydrogen-bond acceptors (Lipinski definition) is 3. The number of amides is 1. The van der Waals surface area contributed by atoms with E-state index in [4.69, 9.17) is 28.3 Å². The number of pyridine rings is 1.